The number of nitrogens with two attached hydrogens (primary N) is 1. The van der Waals surface area contributed by atoms with Crippen molar-refractivity contribution >= 4 is 5.91 Å². The fourth-order valence-corrected chi connectivity index (χ4v) is 2.36. The topological polar surface area (TPSA) is 70.1 Å². The number of amides is 1. The largest absolute Gasteiger partial charge is 0.336 e. The first-order valence-corrected chi connectivity index (χ1v) is 6.18. The maximum atomic E-state index is 12.3. The second kappa shape index (κ2) is 5.19. The van der Waals surface area contributed by atoms with Crippen molar-refractivity contribution in [1.82, 2.24) is 4.90 Å². The van der Waals surface area contributed by atoms with Crippen molar-refractivity contribution in [3.05, 3.63) is 35.4 Å². The van der Waals surface area contributed by atoms with E-state index < -0.39 is 0 Å². The first-order valence-electron chi connectivity index (χ1n) is 6.18. The third kappa shape index (κ3) is 2.52. The molecule has 0 saturated carbocycles. The summed E-state index contributed by atoms with van der Waals surface area (Å²) in [6, 6.07) is 9.19. The maximum Gasteiger partial charge on any atom is 0.254 e. The molecule has 1 aromatic carbocycles. The van der Waals surface area contributed by atoms with Crippen LogP contribution in [0.25, 0.3) is 0 Å². The SMILES string of the molecule is C[C@@H]1C[C@@H](N)CCN1C(=O)c1ccc(C#N)cc1. The molecule has 94 valence electrons. The first kappa shape index (κ1) is 12.6. The van der Waals surface area contributed by atoms with Crippen LogP contribution in [0.2, 0.25) is 0 Å². The van der Waals surface area contributed by atoms with Crippen LogP contribution < -0.4 is 5.73 Å². The number of likely N-dealkylation sites (tertiary alicyclic amines) is 1. The predicted octanol–water partition coefficient (Wildman–Crippen LogP) is 1.51. The minimum atomic E-state index is 0.0267. The molecule has 4 heteroatoms. The zero-order valence-electron chi connectivity index (χ0n) is 10.5. The van der Waals surface area contributed by atoms with Gasteiger partial charge >= 0.3 is 0 Å². The second-order valence-corrected chi connectivity index (χ2v) is 4.82. The number of nitriles is 1. The monoisotopic (exact) mass is 243 g/mol. The van der Waals surface area contributed by atoms with Crippen LogP contribution in [0.5, 0.6) is 0 Å². The van der Waals surface area contributed by atoms with Crippen LogP contribution in [0.3, 0.4) is 0 Å². The van der Waals surface area contributed by atoms with Crippen LogP contribution in [-0.4, -0.2) is 29.4 Å². The molecular formula is C14H17N3O. The molecule has 0 spiro atoms. The van der Waals surface area contributed by atoms with E-state index >= 15 is 0 Å². The number of hydrogen-bond donors (Lipinski definition) is 1. The molecular weight excluding hydrogens is 226 g/mol. The van der Waals surface area contributed by atoms with E-state index in [0.717, 1.165) is 12.8 Å². The molecule has 1 saturated heterocycles. The standard InChI is InChI=1S/C14H17N3O/c1-10-8-13(16)6-7-17(10)14(18)12-4-2-11(9-15)3-5-12/h2-5,10,13H,6-8,16H2,1H3/t10-,13+/m1/s1. The smallest absolute Gasteiger partial charge is 0.254 e. The van der Waals surface area contributed by atoms with Gasteiger partial charge in [0, 0.05) is 24.2 Å². The van der Waals surface area contributed by atoms with Gasteiger partial charge in [-0.1, -0.05) is 0 Å². The molecule has 1 amide bonds. The highest BCUT2D eigenvalue weighted by Gasteiger charge is 2.27. The summed E-state index contributed by atoms with van der Waals surface area (Å²) < 4.78 is 0. The van der Waals surface area contributed by atoms with Gasteiger partial charge in [-0.2, -0.15) is 5.26 Å². The molecule has 18 heavy (non-hydrogen) atoms. The number of carbonyl (C=O) groups is 1. The van der Waals surface area contributed by atoms with Crippen molar-refractivity contribution < 1.29 is 4.79 Å². The molecule has 1 aliphatic heterocycles. The molecule has 1 heterocycles. The number of hydrogen-bond acceptors (Lipinski definition) is 3. The lowest BCUT2D eigenvalue weighted by molar-refractivity contribution is 0.0619. The van der Waals surface area contributed by atoms with Gasteiger partial charge in [0.1, 0.15) is 0 Å². The van der Waals surface area contributed by atoms with Crippen LogP contribution in [0, 0.1) is 11.3 Å². The van der Waals surface area contributed by atoms with Crippen LogP contribution in [0.1, 0.15) is 35.7 Å². The first-order chi connectivity index (χ1) is 8.61. The zero-order chi connectivity index (χ0) is 13.1. The average molecular weight is 243 g/mol. The van der Waals surface area contributed by atoms with E-state index in [0.29, 0.717) is 17.7 Å². The maximum absolute atomic E-state index is 12.3. The molecule has 2 rings (SSSR count). The van der Waals surface area contributed by atoms with Crippen molar-refractivity contribution in [3.8, 4) is 6.07 Å². The molecule has 2 N–H and O–H groups in total. The summed E-state index contributed by atoms with van der Waals surface area (Å²) in [6.07, 6.45) is 1.70. The summed E-state index contributed by atoms with van der Waals surface area (Å²) in [7, 11) is 0. The van der Waals surface area contributed by atoms with Gasteiger partial charge in [0.25, 0.3) is 5.91 Å². The highest BCUT2D eigenvalue weighted by molar-refractivity contribution is 5.94. The summed E-state index contributed by atoms with van der Waals surface area (Å²) >= 11 is 0. The summed E-state index contributed by atoms with van der Waals surface area (Å²) in [5.41, 5.74) is 7.10. The Bertz CT molecular complexity index is 475. The highest BCUT2D eigenvalue weighted by atomic mass is 16.2. The van der Waals surface area contributed by atoms with Gasteiger partial charge < -0.3 is 10.6 Å². The van der Waals surface area contributed by atoms with Crippen LogP contribution in [0.4, 0.5) is 0 Å². The lowest BCUT2D eigenvalue weighted by atomic mass is 9.98. The van der Waals surface area contributed by atoms with Crippen LogP contribution >= 0.6 is 0 Å². The molecule has 0 unspecified atom stereocenters. The Morgan fingerprint density at radius 2 is 2.11 bits per heavy atom. The number of rotatable bonds is 1. The molecule has 0 aliphatic carbocycles. The average Bonchev–Trinajstić information content (AvgIpc) is 2.38. The zero-order valence-corrected chi connectivity index (χ0v) is 10.5. The number of carbonyl (C=O) groups excluding carboxylic acids is 1. The Kier molecular flexibility index (Phi) is 3.63. The number of benzene rings is 1. The summed E-state index contributed by atoms with van der Waals surface area (Å²) in [4.78, 5) is 14.2. The van der Waals surface area contributed by atoms with Crippen molar-refractivity contribution in [3.63, 3.8) is 0 Å². The minimum Gasteiger partial charge on any atom is -0.336 e. The fraction of sp³-hybridized carbons (Fsp3) is 0.429. The van der Waals surface area contributed by atoms with E-state index in [1.165, 1.54) is 0 Å². The number of nitrogens with zero attached hydrogens (tertiary/aromatic N) is 2. The van der Waals surface area contributed by atoms with Crippen LogP contribution in [0.15, 0.2) is 24.3 Å². The minimum absolute atomic E-state index is 0.0267. The highest BCUT2D eigenvalue weighted by Crippen LogP contribution is 2.19. The number of piperidine rings is 1. The molecule has 0 radical (unpaired) electrons. The van der Waals surface area contributed by atoms with Crippen molar-refractivity contribution in [2.45, 2.75) is 31.8 Å². The van der Waals surface area contributed by atoms with Gasteiger partial charge in [0.15, 0.2) is 0 Å². The Morgan fingerprint density at radius 1 is 1.44 bits per heavy atom. The lowest BCUT2D eigenvalue weighted by Gasteiger charge is -2.36. The Hall–Kier alpha value is -1.86. The third-order valence-electron chi connectivity index (χ3n) is 3.44. The molecule has 0 bridgehead atoms. The predicted molar refractivity (Wildman–Crippen MR) is 68.9 cm³/mol. The Balaban J connectivity index is 2.13. The van der Waals surface area contributed by atoms with Crippen molar-refractivity contribution in [2.75, 3.05) is 6.54 Å². The van der Waals surface area contributed by atoms with Gasteiger partial charge in [-0.05, 0) is 44.0 Å². The Labute approximate surface area is 107 Å². The van der Waals surface area contributed by atoms with Crippen molar-refractivity contribution in [2.24, 2.45) is 5.73 Å². The summed E-state index contributed by atoms with van der Waals surface area (Å²) in [5, 5.41) is 8.73. The molecule has 1 aliphatic rings. The van der Waals surface area contributed by atoms with E-state index in [1.54, 1.807) is 24.3 Å². The third-order valence-corrected chi connectivity index (χ3v) is 3.44. The van der Waals surface area contributed by atoms with Crippen LogP contribution in [-0.2, 0) is 0 Å². The molecule has 1 aromatic rings. The fourth-order valence-electron chi connectivity index (χ4n) is 2.36. The van der Waals surface area contributed by atoms with Gasteiger partial charge in [-0.15, -0.1) is 0 Å². The molecule has 0 aromatic heterocycles. The summed E-state index contributed by atoms with van der Waals surface area (Å²) in [5.74, 6) is 0.0267. The van der Waals surface area contributed by atoms with E-state index in [4.69, 9.17) is 11.0 Å². The van der Waals surface area contributed by atoms with Crippen molar-refractivity contribution in [1.29, 1.82) is 5.26 Å². The van der Waals surface area contributed by atoms with E-state index in [-0.39, 0.29) is 18.0 Å². The molecule has 1 fully saturated rings. The second-order valence-electron chi connectivity index (χ2n) is 4.82. The van der Waals surface area contributed by atoms with E-state index in [9.17, 15) is 4.79 Å². The Morgan fingerprint density at radius 3 is 2.67 bits per heavy atom. The van der Waals surface area contributed by atoms with Gasteiger partial charge in [0.2, 0.25) is 0 Å². The molecule has 2 atom stereocenters. The van der Waals surface area contributed by atoms with Gasteiger partial charge in [-0.3, -0.25) is 4.79 Å². The lowest BCUT2D eigenvalue weighted by Crippen LogP contribution is -2.48. The van der Waals surface area contributed by atoms with Gasteiger partial charge in [0.05, 0.1) is 11.6 Å². The molecule has 4 nitrogen and oxygen atoms in total. The summed E-state index contributed by atoms with van der Waals surface area (Å²) in [6.45, 7) is 2.74. The van der Waals surface area contributed by atoms with Gasteiger partial charge in [-0.25, -0.2) is 0 Å². The van der Waals surface area contributed by atoms with E-state index in [2.05, 4.69) is 0 Å². The van der Waals surface area contributed by atoms with E-state index in [1.807, 2.05) is 17.9 Å². The normalized spacial score (nSPS) is 23.5. The quantitative estimate of drug-likeness (QED) is 0.812.